The molecular weight excluding hydrogens is 278 g/mol. The minimum absolute atomic E-state index is 0. The molecule has 0 saturated carbocycles. The fourth-order valence-corrected chi connectivity index (χ4v) is 3.03. The number of ether oxygens (including phenoxy) is 1. The van der Waals surface area contributed by atoms with Crippen molar-refractivity contribution in [3.05, 3.63) is 0 Å². The zero-order valence-electron chi connectivity index (χ0n) is 11.0. The van der Waals surface area contributed by atoms with Crippen LogP contribution < -0.4 is 14.8 Å². The Labute approximate surface area is 116 Å². The van der Waals surface area contributed by atoms with Gasteiger partial charge in [-0.3, -0.25) is 0 Å². The zero-order valence-corrected chi connectivity index (χ0v) is 12.6. The molecule has 0 bridgehead atoms. The van der Waals surface area contributed by atoms with E-state index in [0.29, 0.717) is 19.7 Å². The molecule has 0 spiro atoms. The van der Waals surface area contributed by atoms with Gasteiger partial charge in [-0.15, -0.1) is 12.4 Å². The predicted octanol–water partition coefficient (Wildman–Crippen LogP) is 0.0108. The van der Waals surface area contributed by atoms with Crippen LogP contribution in [0.3, 0.4) is 0 Å². The fourth-order valence-electron chi connectivity index (χ4n) is 1.99. The minimum Gasteiger partial charge on any atom is -0.383 e. The average molecular weight is 302 g/mol. The molecule has 1 atom stereocenters. The van der Waals surface area contributed by atoms with E-state index in [1.165, 1.54) is 0 Å². The molecule has 1 fully saturated rings. The van der Waals surface area contributed by atoms with E-state index in [4.69, 9.17) is 4.74 Å². The minimum atomic E-state index is -3.38. The third-order valence-electron chi connectivity index (χ3n) is 2.90. The van der Waals surface area contributed by atoms with Crippen molar-refractivity contribution in [2.45, 2.75) is 31.7 Å². The monoisotopic (exact) mass is 301 g/mol. The van der Waals surface area contributed by atoms with Crippen LogP contribution in [0.1, 0.15) is 26.2 Å². The molecule has 3 N–H and O–H groups in total. The van der Waals surface area contributed by atoms with Gasteiger partial charge in [-0.2, -0.15) is 8.42 Å². The highest BCUT2D eigenvalue weighted by molar-refractivity contribution is 7.87. The Morgan fingerprint density at radius 1 is 1.39 bits per heavy atom. The van der Waals surface area contributed by atoms with Gasteiger partial charge >= 0.3 is 0 Å². The van der Waals surface area contributed by atoms with Gasteiger partial charge in [0.15, 0.2) is 0 Å². The molecule has 1 unspecified atom stereocenters. The van der Waals surface area contributed by atoms with Crippen molar-refractivity contribution in [3.8, 4) is 0 Å². The van der Waals surface area contributed by atoms with Crippen LogP contribution in [0.15, 0.2) is 0 Å². The summed E-state index contributed by atoms with van der Waals surface area (Å²) in [7, 11) is -1.75. The summed E-state index contributed by atoms with van der Waals surface area (Å²) >= 11 is 0. The standard InChI is InChI=1S/C10H23N3O3S.ClH/c1-3-6-12-17(14,15)13-8-10(9-16-2)5-4-7-11-10;/h11-13H,3-9H2,1-2H3;1H. The normalized spacial score (nSPS) is 23.9. The van der Waals surface area contributed by atoms with Crippen LogP contribution in [0, 0.1) is 0 Å². The Balaban J connectivity index is 0.00000289. The highest BCUT2D eigenvalue weighted by Gasteiger charge is 2.34. The van der Waals surface area contributed by atoms with Crippen LogP contribution in [0.2, 0.25) is 0 Å². The molecule has 0 aromatic rings. The van der Waals surface area contributed by atoms with Gasteiger partial charge in [0.1, 0.15) is 0 Å². The van der Waals surface area contributed by atoms with E-state index in [2.05, 4.69) is 14.8 Å². The Morgan fingerprint density at radius 2 is 2.11 bits per heavy atom. The lowest BCUT2D eigenvalue weighted by Gasteiger charge is -2.28. The molecule has 1 aliphatic heterocycles. The summed E-state index contributed by atoms with van der Waals surface area (Å²) < 4.78 is 33.4. The van der Waals surface area contributed by atoms with Crippen LogP contribution in [0.5, 0.6) is 0 Å². The zero-order chi connectivity index (χ0) is 12.8. The third-order valence-corrected chi connectivity index (χ3v) is 4.00. The Hall–Kier alpha value is 0.0800. The highest BCUT2D eigenvalue weighted by atomic mass is 35.5. The SMILES string of the molecule is CCCNS(=O)(=O)NCC1(COC)CCCN1.Cl. The number of nitrogens with one attached hydrogen (secondary N) is 3. The van der Waals surface area contributed by atoms with Gasteiger partial charge in [0, 0.05) is 20.2 Å². The number of methoxy groups -OCH3 is 1. The average Bonchev–Trinajstić information content (AvgIpc) is 2.74. The van der Waals surface area contributed by atoms with Crippen LogP contribution in [-0.4, -0.2) is 47.3 Å². The van der Waals surface area contributed by atoms with Crippen LogP contribution in [0.4, 0.5) is 0 Å². The molecule has 8 heteroatoms. The van der Waals surface area contributed by atoms with Gasteiger partial charge in [0.25, 0.3) is 10.2 Å². The van der Waals surface area contributed by atoms with E-state index >= 15 is 0 Å². The molecule has 1 heterocycles. The lowest BCUT2D eigenvalue weighted by atomic mass is 9.99. The predicted molar refractivity (Wildman–Crippen MR) is 74.3 cm³/mol. The topological polar surface area (TPSA) is 79.5 Å². The number of rotatable bonds is 8. The smallest absolute Gasteiger partial charge is 0.276 e. The van der Waals surface area contributed by atoms with E-state index in [-0.39, 0.29) is 17.9 Å². The lowest BCUT2D eigenvalue weighted by molar-refractivity contribution is 0.122. The van der Waals surface area contributed by atoms with Crippen molar-refractivity contribution >= 4 is 22.6 Å². The summed E-state index contributed by atoms with van der Waals surface area (Å²) in [6, 6.07) is 0. The van der Waals surface area contributed by atoms with Gasteiger partial charge in [-0.05, 0) is 25.8 Å². The molecule has 18 heavy (non-hydrogen) atoms. The van der Waals surface area contributed by atoms with Gasteiger partial charge < -0.3 is 10.1 Å². The maximum Gasteiger partial charge on any atom is 0.276 e. The second-order valence-electron chi connectivity index (χ2n) is 4.46. The molecule has 0 aromatic carbocycles. The number of hydrogen-bond acceptors (Lipinski definition) is 4. The van der Waals surface area contributed by atoms with Crippen LogP contribution in [-0.2, 0) is 14.9 Å². The number of halogens is 1. The van der Waals surface area contributed by atoms with Crippen LogP contribution >= 0.6 is 12.4 Å². The molecule has 110 valence electrons. The van der Waals surface area contributed by atoms with E-state index in [1.807, 2.05) is 6.92 Å². The van der Waals surface area contributed by atoms with Crippen LogP contribution in [0.25, 0.3) is 0 Å². The van der Waals surface area contributed by atoms with Gasteiger partial charge in [-0.25, -0.2) is 9.44 Å². The van der Waals surface area contributed by atoms with E-state index in [0.717, 1.165) is 25.8 Å². The molecule has 6 nitrogen and oxygen atoms in total. The summed E-state index contributed by atoms with van der Waals surface area (Å²) in [5.74, 6) is 0. The molecule has 0 amide bonds. The van der Waals surface area contributed by atoms with Gasteiger partial charge in [0.05, 0.1) is 12.1 Å². The molecule has 0 radical (unpaired) electrons. The fraction of sp³-hybridized carbons (Fsp3) is 1.00. The number of hydrogen-bond donors (Lipinski definition) is 3. The summed E-state index contributed by atoms with van der Waals surface area (Å²) in [5.41, 5.74) is -0.254. The second kappa shape index (κ2) is 8.29. The molecular formula is C10H24ClN3O3S. The molecule has 0 aromatic heterocycles. The summed E-state index contributed by atoms with van der Waals surface area (Å²) in [6.45, 7) is 4.17. The van der Waals surface area contributed by atoms with Gasteiger partial charge in [-0.1, -0.05) is 6.92 Å². The Morgan fingerprint density at radius 3 is 2.61 bits per heavy atom. The third kappa shape index (κ3) is 5.81. The van der Waals surface area contributed by atoms with E-state index in [9.17, 15) is 8.42 Å². The molecule has 1 saturated heterocycles. The maximum absolute atomic E-state index is 11.6. The summed E-state index contributed by atoms with van der Waals surface area (Å²) in [5, 5.41) is 3.32. The van der Waals surface area contributed by atoms with E-state index in [1.54, 1.807) is 7.11 Å². The highest BCUT2D eigenvalue weighted by Crippen LogP contribution is 2.18. The largest absolute Gasteiger partial charge is 0.383 e. The summed E-state index contributed by atoms with van der Waals surface area (Å²) in [4.78, 5) is 0. The first-order valence-corrected chi connectivity index (χ1v) is 7.50. The Kier molecular flexibility index (Phi) is 8.33. The first-order valence-electron chi connectivity index (χ1n) is 6.02. The van der Waals surface area contributed by atoms with E-state index < -0.39 is 10.2 Å². The Bertz CT molecular complexity index is 318. The maximum atomic E-state index is 11.6. The van der Waals surface area contributed by atoms with Crippen molar-refractivity contribution in [3.63, 3.8) is 0 Å². The van der Waals surface area contributed by atoms with Crippen molar-refractivity contribution in [1.29, 1.82) is 0 Å². The second-order valence-corrected chi connectivity index (χ2v) is 6.05. The first-order chi connectivity index (χ1) is 8.04. The van der Waals surface area contributed by atoms with Crippen molar-refractivity contribution in [1.82, 2.24) is 14.8 Å². The van der Waals surface area contributed by atoms with Crippen molar-refractivity contribution in [2.24, 2.45) is 0 Å². The molecule has 1 aliphatic rings. The van der Waals surface area contributed by atoms with Gasteiger partial charge in [0.2, 0.25) is 0 Å². The first kappa shape index (κ1) is 18.1. The van der Waals surface area contributed by atoms with Crippen molar-refractivity contribution in [2.75, 3.05) is 33.4 Å². The van der Waals surface area contributed by atoms with Crippen molar-refractivity contribution < 1.29 is 13.2 Å². The molecule has 1 rings (SSSR count). The lowest BCUT2D eigenvalue weighted by Crippen LogP contribution is -2.54. The summed E-state index contributed by atoms with van der Waals surface area (Å²) in [6.07, 6.45) is 2.76. The molecule has 0 aliphatic carbocycles. The quantitative estimate of drug-likeness (QED) is 0.590.